The lowest BCUT2D eigenvalue weighted by atomic mass is 10.2. The third kappa shape index (κ3) is 3.46. The van der Waals surface area contributed by atoms with Gasteiger partial charge in [0.1, 0.15) is 5.39 Å². The maximum absolute atomic E-state index is 12.3. The van der Waals surface area contributed by atoms with Crippen molar-refractivity contribution in [3.8, 4) is 0 Å². The van der Waals surface area contributed by atoms with Crippen molar-refractivity contribution in [3.63, 3.8) is 0 Å². The fraction of sp³-hybridized carbons (Fsp3) is 0.250. The van der Waals surface area contributed by atoms with E-state index < -0.39 is 0 Å². The summed E-state index contributed by atoms with van der Waals surface area (Å²) in [6.45, 7) is 0.688. The van der Waals surface area contributed by atoms with E-state index in [9.17, 15) is 9.59 Å². The summed E-state index contributed by atoms with van der Waals surface area (Å²) in [7, 11) is 1.73. The number of rotatable bonds is 5. The van der Waals surface area contributed by atoms with Gasteiger partial charge in [0, 0.05) is 31.6 Å². The summed E-state index contributed by atoms with van der Waals surface area (Å²) in [6, 6.07) is 7.26. The average molecular weight is 346 g/mol. The van der Waals surface area contributed by atoms with Crippen LogP contribution in [0.3, 0.4) is 0 Å². The number of carbonyl (C=O) groups is 1. The molecule has 3 rings (SSSR count). The summed E-state index contributed by atoms with van der Waals surface area (Å²) >= 11 is 5.82. The van der Waals surface area contributed by atoms with Crippen LogP contribution in [0, 0.1) is 0 Å². The van der Waals surface area contributed by atoms with Gasteiger partial charge < -0.3 is 5.32 Å². The monoisotopic (exact) mass is 345 g/mol. The van der Waals surface area contributed by atoms with Crippen molar-refractivity contribution in [2.24, 2.45) is 7.05 Å². The molecule has 1 N–H and O–H groups in total. The second kappa shape index (κ2) is 6.84. The number of aryl methyl sites for hydroxylation is 2. The van der Waals surface area contributed by atoms with Crippen LogP contribution in [0.4, 0.5) is 0 Å². The van der Waals surface area contributed by atoms with Crippen LogP contribution in [0.2, 0.25) is 5.02 Å². The lowest BCUT2D eigenvalue weighted by Gasteiger charge is -2.07. The van der Waals surface area contributed by atoms with Gasteiger partial charge >= 0.3 is 0 Å². The average Bonchev–Trinajstić information content (AvgIpc) is 2.96. The summed E-state index contributed by atoms with van der Waals surface area (Å²) < 4.78 is 2.96. The predicted molar refractivity (Wildman–Crippen MR) is 90.7 cm³/mol. The molecule has 0 atom stereocenters. The molecule has 1 amide bonds. The Hall–Kier alpha value is -2.67. The number of carbonyl (C=O) groups excluding carboxylic acids is 1. The molecule has 124 valence electrons. The molecule has 1 aromatic carbocycles. The maximum atomic E-state index is 12.3. The van der Waals surface area contributed by atoms with Crippen molar-refractivity contribution in [3.05, 3.63) is 57.7 Å². The van der Waals surface area contributed by atoms with Gasteiger partial charge in [0.25, 0.3) is 5.56 Å². The number of nitrogens with one attached hydrogen (secondary N) is 1. The predicted octanol–water partition coefficient (Wildman–Crippen LogP) is 1.49. The highest BCUT2D eigenvalue weighted by Crippen LogP contribution is 2.09. The zero-order valence-electron chi connectivity index (χ0n) is 13.1. The van der Waals surface area contributed by atoms with Gasteiger partial charge in [0.05, 0.1) is 12.5 Å². The Kier molecular flexibility index (Phi) is 4.61. The van der Waals surface area contributed by atoms with Crippen molar-refractivity contribution < 1.29 is 4.79 Å². The molecule has 24 heavy (non-hydrogen) atoms. The van der Waals surface area contributed by atoms with Gasteiger partial charge in [0.15, 0.2) is 5.65 Å². The highest BCUT2D eigenvalue weighted by molar-refractivity contribution is 6.30. The normalized spacial score (nSPS) is 10.9. The number of hydrogen-bond donors (Lipinski definition) is 1. The van der Waals surface area contributed by atoms with Crippen LogP contribution in [0.5, 0.6) is 0 Å². The highest BCUT2D eigenvalue weighted by atomic mass is 35.5. The first-order valence-corrected chi connectivity index (χ1v) is 7.80. The number of fused-ring (bicyclic) bond motifs is 1. The minimum atomic E-state index is -0.196. The number of halogens is 1. The fourth-order valence-corrected chi connectivity index (χ4v) is 2.47. The van der Waals surface area contributed by atoms with Gasteiger partial charge in [-0.1, -0.05) is 23.7 Å². The SMILES string of the molecule is Cn1ncc2c(=O)n(CCC(=O)NCc3ccc(Cl)cc3)cnc21. The maximum Gasteiger partial charge on any atom is 0.264 e. The molecule has 0 aliphatic carbocycles. The Labute approximate surface area is 142 Å². The van der Waals surface area contributed by atoms with Crippen LogP contribution in [-0.4, -0.2) is 25.2 Å². The molecule has 0 saturated carbocycles. The molecule has 0 bridgehead atoms. The van der Waals surface area contributed by atoms with Crippen molar-refractivity contribution in [2.75, 3.05) is 0 Å². The first-order valence-electron chi connectivity index (χ1n) is 7.43. The first-order chi connectivity index (χ1) is 11.5. The first kappa shape index (κ1) is 16.2. The molecule has 0 aliphatic rings. The highest BCUT2D eigenvalue weighted by Gasteiger charge is 2.09. The summed E-state index contributed by atoms with van der Waals surface area (Å²) in [4.78, 5) is 28.4. The summed E-state index contributed by atoms with van der Waals surface area (Å²) in [6.07, 6.45) is 3.13. The van der Waals surface area contributed by atoms with Gasteiger partial charge in [-0.15, -0.1) is 0 Å². The van der Waals surface area contributed by atoms with Gasteiger partial charge in [-0.3, -0.25) is 18.8 Å². The van der Waals surface area contributed by atoms with Gasteiger partial charge in [0.2, 0.25) is 5.91 Å². The number of aromatic nitrogens is 4. The standard InChI is InChI=1S/C16H16ClN5O2/c1-21-15-13(9-20-21)16(24)22(10-19-15)7-6-14(23)18-8-11-2-4-12(17)5-3-11/h2-5,9-10H,6-8H2,1H3,(H,18,23). The van der Waals surface area contributed by atoms with E-state index in [1.165, 1.54) is 17.1 Å². The molecule has 3 aromatic rings. The van der Waals surface area contributed by atoms with Crippen molar-refractivity contribution in [1.29, 1.82) is 0 Å². The molecule has 0 aliphatic heterocycles. The summed E-state index contributed by atoms with van der Waals surface area (Å²) in [5, 5.41) is 7.93. The van der Waals surface area contributed by atoms with E-state index >= 15 is 0 Å². The van der Waals surface area contributed by atoms with E-state index in [4.69, 9.17) is 11.6 Å². The van der Waals surface area contributed by atoms with Crippen LogP contribution >= 0.6 is 11.6 Å². The second-order valence-corrected chi connectivity index (χ2v) is 5.84. The number of amides is 1. The van der Waals surface area contributed by atoms with E-state index in [2.05, 4.69) is 15.4 Å². The largest absolute Gasteiger partial charge is 0.352 e. The van der Waals surface area contributed by atoms with Crippen molar-refractivity contribution >= 4 is 28.5 Å². The van der Waals surface area contributed by atoms with Crippen LogP contribution in [-0.2, 0) is 24.9 Å². The van der Waals surface area contributed by atoms with E-state index in [0.717, 1.165) is 5.56 Å². The van der Waals surface area contributed by atoms with Crippen molar-refractivity contribution in [1.82, 2.24) is 24.6 Å². The molecular weight excluding hydrogens is 330 g/mol. The van der Waals surface area contributed by atoms with Crippen molar-refractivity contribution in [2.45, 2.75) is 19.5 Å². The quantitative estimate of drug-likeness (QED) is 0.759. The Morgan fingerprint density at radius 3 is 2.79 bits per heavy atom. The smallest absolute Gasteiger partial charge is 0.264 e. The molecule has 7 nitrogen and oxygen atoms in total. The van der Waals surface area contributed by atoms with Crippen LogP contribution < -0.4 is 10.9 Å². The Bertz CT molecular complexity index is 930. The van der Waals surface area contributed by atoms with Crippen LogP contribution in [0.15, 0.2) is 41.6 Å². The summed E-state index contributed by atoms with van der Waals surface area (Å²) in [5.41, 5.74) is 1.30. The minimum absolute atomic E-state index is 0.136. The second-order valence-electron chi connectivity index (χ2n) is 5.40. The number of hydrogen-bond acceptors (Lipinski definition) is 4. The Morgan fingerprint density at radius 1 is 1.29 bits per heavy atom. The molecule has 0 fully saturated rings. The van der Waals surface area contributed by atoms with E-state index in [1.54, 1.807) is 23.9 Å². The topological polar surface area (TPSA) is 81.8 Å². The van der Waals surface area contributed by atoms with Crippen LogP contribution in [0.1, 0.15) is 12.0 Å². The Morgan fingerprint density at radius 2 is 2.04 bits per heavy atom. The van der Waals surface area contributed by atoms with E-state index in [-0.39, 0.29) is 24.4 Å². The number of benzene rings is 1. The molecule has 0 saturated heterocycles. The van der Waals surface area contributed by atoms with E-state index in [0.29, 0.717) is 22.6 Å². The molecule has 0 unspecified atom stereocenters. The van der Waals surface area contributed by atoms with Crippen LogP contribution in [0.25, 0.3) is 11.0 Å². The zero-order chi connectivity index (χ0) is 17.1. The number of nitrogens with zero attached hydrogens (tertiary/aromatic N) is 4. The fourth-order valence-electron chi connectivity index (χ4n) is 2.34. The lowest BCUT2D eigenvalue weighted by Crippen LogP contribution is -2.27. The van der Waals surface area contributed by atoms with Gasteiger partial charge in [-0.25, -0.2) is 4.98 Å². The third-order valence-electron chi connectivity index (χ3n) is 3.70. The lowest BCUT2D eigenvalue weighted by molar-refractivity contribution is -0.121. The van der Waals surface area contributed by atoms with Gasteiger partial charge in [-0.05, 0) is 17.7 Å². The Balaban J connectivity index is 1.59. The zero-order valence-corrected chi connectivity index (χ0v) is 13.8. The molecular formula is C16H16ClN5O2. The molecule has 2 aromatic heterocycles. The molecule has 0 spiro atoms. The minimum Gasteiger partial charge on any atom is -0.352 e. The summed E-state index contributed by atoms with van der Waals surface area (Å²) in [5.74, 6) is -0.136. The molecule has 0 radical (unpaired) electrons. The molecule has 8 heteroatoms. The van der Waals surface area contributed by atoms with E-state index in [1.807, 2.05) is 12.1 Å². The molecule has 2 heterocycles. The third-order valence-corrected chi connectivity index (χ3v) is 3.95. The van der Waals surface area contributed by atoms with Gasteiger partial charge in [-0.2, -0.15) is 5.10 Å².